The van der Waals surface area contributed by atoms with Gasteiger partial charge >= 0.3 is 0 Å². The fourth-order valence-corrected chi connectivity index (χ4v) is 3.13. The van der Waals surface area contributed by atoms with Gasteiger partial charge in [0, 0.05) is 0 Å². The van der Waals surface area contributed by atoms with Crippen LogP contribution in [0.25, 0.3) is 0 Å². The predicted molar refractivity (Wildman–Crippen MR) is 89.7 cm³/mol. The molecule has 0 bridgehead atoms. The van der Waals surface area contributed by atoms with Gasteiger partial charge < -0.3 is 10.2 Å². The maximum atomic E-state index is 12.5. The van der Waals surface area contributed by atoms with Gasteiger partial charge in [0.15, 0.2) is 5.78 Å². The molecule has 1 aliphatic heterocycles. The van der Waals surface area contributed by atoms with Gasteiger partial charge in [0.2, 0.25) is 0 Å². The van der Waals surface area contributed by atoms with Gasteiger partial charge in [0.05, 0.1) is 34.2 Å². The number of carbonyl (C=O) groups is 2. The Morgan fingerprint density at radius 1 is 1.35 bits per heavy atom. The van der Waals surface area contributed by atoms with Crippen LogP contribution in [0.1, 0.15) is 30.0 Å². The van der Waals surface area contributed by atoms with Crippen molar-refractivity contribution < 1.29 is 9.59 Å². The van der Waals surface area contributed by atoms with Crippen LogP contribution in [0, 0.1) is 6.92 Å². The Hall–Kier alpha value is -2.34. The highest BCUT2D eigenvalue weighted by molar-refractivity contribution is 6.29. The van der Waals surface area contributed by atoms with Gasteiger partial charge in [-0.05, 0) is 32.9 Å². The fraction of sp³-hybridized carbons (Fsp3) is 0.312. The number of Topliss-reactive ketones (excluding diaryl/α,β-unsaturated/α-hetero) is 1. The van der Waals surface area contributed by atoms with Crippen LogP contribution in [0.15, 0.2) is 24.3 Å². The average Bonchev–Trinajstić information content (AvgIpc) is 2.83. The third kappa shape index (κ3) is 2.30. The van der Waals surface area contributed by atoms with Gasteiger partial charge in [0.1, 0.15) is 5.69 Å². The number of nitrogens with zero attached hydrogens (tertiary/aromatic N) is 2. The Bertz CT molecular complexity index is 797. The molecule has 0 aliphatic carbocycles. The zero-order chi connectivity index (χ0) is 16.8. The molecule has 23 heavy (non-hydrogen) atoms. The van der Waals surface area contributed by atoms with Crippen LogP contribution in [0.4, 0.5) is 17.1 Å². The van der Waals surface area contributed by atoms with Crippen molar-refractivity contribution in [3.8, 4) is 0 Å². The number of hydrogen-bond acceptors (Lipinski definition) is 4. The van der Waals surface area contributed by atoms with E-state index in [1.54, 1.807) is 26.8 Å². The van der Waals surface area contributed by atoms with Gasteiger partial charge in [-0.15, -0.1) is 11.6 Å². The first-order chi connectivity index (χ1) is 10.9. The van der Waals surface area contributed by atoms with Crippen molar-refractivity contribution in [2.45, 2.75) is 26.3 Å². The van der Waals surface area contributed by atoms with Crippen LogP contribution in [0.2, 0.25) is 0 Å². The molecular formula is C16H17ClN4O2. The first-order valence-corrected chi connectivity index (χ1v) is 7.76. The lowest BCUT2D eigenvalue weighted by Gasteiger charge is -2.38. The van der Waals surface area contributed by atoms with Gasteiger partial charge in [-0.1, -0.05) is 12.1 Å². The third-order valence-corrected chi connectivity index (χ3v) is 4.36. The normalized spacial score (nSPS) is 13.9. The zero-order valence-corrected chi connectivity index (χ0v) is 13.9. The van der Waals surface area contributed by atoms with E-state index in [9.17, 15) is 9.59 Å². The Kier molecular flexibility index (Phi) is 3.64. The summed E-state index contributed by atoms with van der Waals surface area (Å²) in [4.78, 5) is 26.8. The molecule has 0 atom stereocenters. The number of H-pyrrole nitrogens is 1. The molecule has 1 aromatic heterocycles. The number of rotatable bonds is 3. The second-order valence-corrected chi connectivity index (χ2v) is 6.22. The zero-order valence-electron chi connectivity index (χ0n) is 13.1. The Balaban J connectivity index is 2.33. The highest BCUT2D eigenvalue weighted by atomic mass is 35.5. The molecule has 1 amide bonds. The topological polar surface area (TPSA) is 78.1 Å². The summed E-state index contributed by atoms with van der Waals surface area (Å²) >= 11 is 5.81. The van der Waals surface area contributed by atoms with E-state index in [-0.39, 0.29) is 17.6 Å². The van der Waals surface area contributed by atoms with Crippen molar-refractivity contribution in [3.63, 3.8) is 0 Å². The number of alkyl halides is 1. The van der Waals surface area contributed by atoms with Crippen LogP contribution in [0.3, 0.4) is 0 Å². The van der Waals surface area contributed by atoms with Crippen LogP contribution < -0.4 is 10.2 Å². The van der Waals surface area contributed by atoms with E-state index < -0.39 is 5.54 Å². The molecule has 6 nitrogen and oxygen atoms in total. The number of benzene rings is 1. The molecule has 0 spiro atoms. The largest absolute Gasteiger partial charge is 0.323 e. The fourth-order valence-electron chi connectivity index (χ4n) is 2.81. The number of ketones is 1. The summed E-state index contributed by atoms with van der Waals surface area (Å²) in [5, 5.41) is 9.76. The van der Waals surface area contributed by atoms with Gasteiger partial charge in [0.25, 0.3) is 5.91 Å². The van der Waals surface area contributed by atoms with E-state index in [0.29, 0.717) is 22.8 Å². The summed E-state index contributed by atoms with van der Waals surface area (Å²) in [5.74, 6) is -0.543. The molecule has 2 aromatic rings. The number of aryl methyl sites for hydroxylation is 1. The Morgan fingerprint density at radius 3 is 2.74 bits per heavy atom. The maximum Gasteiger partial charge on any atom is 0.275 e. The summed E-state index contributed by atoms with van der Waals surface area (Å²) in [5.41, 5.74) is 1.99. The van der Waals surface area contributed by atoms with E-state index >= 15 is 0 Å². The second kappa shape index (κ2) is 5.38. The van der Waals surface area contributed by atoms with Crippen molar-refractivity contribution in [1.29, 1.82) is 0 Å². The highest BCUT2D eigenvalue weighted by Gasteiger charge is 2.41. The molecule has 0 saturated carbocycles. The minimum Gasteiger partial charge on any atom is -0.323 e. The summed E-state index contributed by atoms with van der Waals surface area (Å²) in [6.07, 6.45) is 0. The third-order valence-electron chi connectivity index (χ3n) is 4.12. The van der Waals surface area contributed by atoms with Crippen molar-refractivity contribution >= 4 is 40.4 Å². The minimum absolute atomic E-state index is 0.112. The molecule has 120 valence electrons. The maximum absolute atomic E-state index is 12.5. The number of para-hydroxylation sites is 2. The van der Waals surface area contributed by atoms with Crippen LogP contribution in [-0.2, 0) is 4.79 Å². The lowest BCUT2D eigenvalue weighted by atomic mass is 9.95. The quantitative estimate of drug-likeness (QED) is 0.847. The van der Waals surface area contributed by atoms with Gasteiger partial charge in [-0.3, -0.25) is 14.7 Å². The smallest absolute Gasteiger partial charge is 0.275 e. The minimum atomic E-state index is -0.937. The van der Waals surface area contributed by atoms with Crippen molar-refractivity contribution in [1.82, 2.24) is 10.2 Å². The number of aromatic amines is 1. The average molecular weight is 333 g/mol. The Labute approximate surface area is 138 Å². The molecule has 1 aromatic carbocycles. The molecule has 0 saturated heterocycles. The van der Waals surface area contributed by atoms with Crippen LogP contribution in [-0.4, -0.2) is 33.3 Å². The second-order valence-electron chi connectivity index (χ2n) is 5.96. The highest BCUT2D eigenvalue weighted by Crippen LogP contribution is 2.43. The molecule has 0 unspecified atom stereocenters. The number of fused-ring (bicyclic) bond motifs is 2. The van der Waals surface area contributed by atoms with E-state index in [4.69, 9.17) is 11.6 Å². The molecule has 3 rings (SSSR count). The van der Waals surface area contributed by atoms with Crippen molar-refractivity contribution in [3.05, 3.63) is 35.7 Å². The van der Waals surface area contributed by atoms with Crippen molar-refractivity contribution in [2.24, 2.45) is 0 Å². The van der Waals surface area contributed by atoms with E-state index in [1.165, 1.54) is 0 Å². The van der Waals surface area contributed by atoms with Crippen LogP contribution >= 0.6 is 11.6 Å². The van der Waals surface area contributed by atoms with Crippen LogP contribution in [0.5, 0.6) is 0 Å². The number of nitrogens with one attached hydrogen (secondary N) is 2. The molecule has 2 N–H and O–H groups in total. The van der Waals surface area contributed by atoms with E-state index in [2.05, 4.69) is 15.5 Å². The summed E-state index contributed by atoms with van der Waals surface area (Å²) in [6.45, 7) is 5.38. The predicted octanol–water partition coefficient (Wildman–Crippen LogP) is 3.01. The van der Waals surface area contributed by atoms with Crippen molar-refractivity contribution in [2.75, 3.05) is 16.1 Å². The molecule has 2 heterocycles. The number of hydrogen-bond donors (Lipinski definition) is 2. The van der Waals surface area contributed by atoms with Gasteiger partial charge in [-0.2, -0.15) is 5.10 Å². The monoisotopic (exact) mass is 332 g/mol. The number of amides is 1. The lowest BCUT2D eigenvalue weighted by Crippen LogP contribution is -2.48. The number of carbonyl (C=O) groups excluding carboxylic acids is 2. The number of halogens is 1. The number of aromatic nitrogens is 2. The number of anilines is 3. The van der Waals surface area contributed by atoms with E-state index in [1.807, 2.05) is 23.1 Å². The standard InChI is InChI=1S/C16H17ClN4O2/c1-9-14-13(20-19-9)15(23)18-10-6-4-5-7-11(10)21(14)16(2,3)12(22)8-17/h4-7H,8H2,1-3H3,(H,18,23)(H,19,20). The first-order valence-electron chi connectivity index (χ1n) is 7.22. The first kappa shape index (κ1) is 15.6. The molecule has 0 radical (unpaired) electrons. The molecule has 1 aliphatic rings. The Morgan fingerprint density at radius 2 is 2.04 bits per heavy atom. The lowest BCUT2D eigenvalue weighted by molar-refractivity contribution is -0.120. The summed E-state index contributed by atoms with van der Waals surface area (Å²) < 4.78 is 0. The molecule has 7 heteroatoms. The van der Waals surface area contributed by atoms with Gasteiger partial charge in [-0.25, -0.2) is 0 Å². The molecular weight excluding hydrogens is 316 g/mol. The SMILES string of the molecule is Cc1n[nH]c2c1N(C(C)(C)C(=O)CCl)c1ccccc1NC2=O. The molecule has 0 fully saturated rings. The van der Waals surface area contributed by atoms with E-state index in [0.717, 1.165) is 5.69 Å². The summed E-state index contributed by atoms with van der Waals surface area (Å²) in [7, 11) is 0. The summed E-state index contributed by atoms with van der Waals surface area (Å²) in [6, 6.07) is 7.36.